The van der Waals surface area contributed by atoms with Gasteiger partial charge in [0.2, 0.25) is 10.0 Å². The molecule has 134 valence electrons. The number of hydrogen-bond acceptors (Lipinski definition) is 5. The van der Waals surface area contributed by atoms with Crippen molar-refractivity contribution in [3.8, 4) is 0 Å². The van der Waals surface area contributed by atoms with E-state index < -0.39 is 16.0 Å². The Morgan fingerprint density at radius 1 is 1.28 bits per heavy atom. The van der Waals surface area contributed by atoms with Gasteiger partial charge in [-0.3, -0.25) is 0 Å². The minimum absolute atomic E-state index is 0.0527. The van der Waals surface area contributed by atoms with Crippen LogP contribution in [0.2, 0.25) is 0 Å². The van der Waals surface area contributed by atoms with Crippen LogP contribution in [-0.2, 0) is 26.1 Å². The average Bonchev–Trinajstić information content (AvgIpc) is 3.11. The molecule has 25 heavy (non-hydrogen) atoms. The van der Waals surface area contributed by atoms with Gasteiger partial charge in [0.05, 0.1) is 13.2 Å². The van der Waals surface area contributed by atoms with Crippen molar-refractivity contribution in [1.29, 1.82) is 0 Å². The zero-order valence-corrected chi connectivity index (χ0v) is 14.7. The standard InChI is InChI=1S/C17H20N2O5S/c1-13-3-2-4-14(9-13)12-24-17(20)16-10-15(11-18-16)25(21,22)19-5-7-23-8-6-19/h2-4,9-11,18H,5-8,12H2,1H3. The van der Waals surface area contributed by atoms with Crippen molar-refractivity contribution in [2.45, 2.75) is 18.4 Å². The quantitative estimate of drug-likeness (QED) is 0.816. The number of aromatic amines is 1. The molecule has 1 aliphatic heterocycles. The molecule has 1 aromatic heterocycles. The molecule has 0 atom stereocenters. The molecular formula is C17H20N2O5S. The summed E-state index contributed by atoms with van der Waals surface area (Å²) in [7, 11) is -3.63. The maximum absolute atomic E-state index is 12.5. The average molecular weight is 364 g/mol. The van der Waals surface area contributed by atoms with E-state index in [1.807, 2.05) is 31.2 Å². The molecule has 0 saturated carbocycles. The summed E-state index contributed by atoms with van der Waals surface area (Å²) in [6.07, 6.45) is 1.31. The molecule has 1 aromatic carbocycles. The van der Waals surface area contributed by atoms with Crippen LogP contribution in [0, 0.1) is 6.92 Å². The van der Waals surface area contributed by atoms with Gasteiger partial charge < -0.3 is 14.5 Å². The largest absolute Gasteiger partial charge is 0.456 e. The maximum atomic E-state index is 12.5. The van der Waals surface area contributed by atoms with Crippen molar-refractivity contribution in [3.05, 3.63) is 53.3 Å². The lowest BCUT2D eigenvalue weighted by Crippen LogP contribution is -2.40. The second kappa shape index (κ2) is 7.38. The van der Waals surface area contributed by atoms with E-state index in [2.05, 4.69) is 4.98 Å². The number of aryl methyl sites for hydroxylation is 1. The van der Waals surface area contributed by atoms with E-state index in [4.69, 9.17) is 9.47 Å². The molecule has 2 heterocycles. The fraction of sp³-hybridized carbons (Fsp3) is 0.353. The maximum Gasteiger partial charge on any atom is 0.355 e. The summed E-state index contributed by atoms with van der Waals surface area (Å²) in [6.45, 7) is 3.44. The molecule has 3 rings (SSSR count). The van der Waals surface area contributed by atoms with Gasteiger partial charge in [-0.15, -0.1) is 0 Å². The molecule has 0 radical (unpaired) electrons. The number of nitrogens with one attached hydrogen (secondary N) is 1. The van der Waals surface area contributed by atoms with E-state index in [9.17, 15) is 13.2 Å². The number of aromatic nitrogens is 1. The van der Waals surface area contributed by atoms with Gasteiger partial charge in [0, 0.05) is 19.3 Å². The second-order valence-corrected chi connectivity index (χ2v) is 7.77. The predicted molar refractivity (Wildman–Crippen MR) is 90.7 cm³/mol. The number of carbonyl (C=O) groups excluding carboxylic acids is 1. The number of nitrogens with zero attached hydrogens (tertiary/aromatic N) is 1. The number of esters is 1. The van der Waals surface area contributed by atoms with Crippen molar-refractivity contribution < 1.29 is 22.7 Å². The highest BCUT2D eigenvalue weighted by Crippen LogP contribution is 2.18. The lowest BCUT2D eigenvalue weighted by Gasteiger charge is -2.25. The van der Waals surface area contributed by atoms with Crippen molar-refractivity contribution in [1.82, 2.24) is 9.29 Å². The Kier molecular flexibility index (Phi) is 5.22. The predicted octanol–water partition coefficient (Wildman–Crippen LogP) is 1.70. The molecule has 0 amide bonds. The Labute approximate surface area is 146 Å². The fourth-order valence-electron chi connectivity index (χ4n) is 2.61. The zero-order chi connectivity index (χ0) is 17.9. The normalized spacial score (nSPS) is 15.9. The fourth-order valence-corrected chi connectivity index (χ4v) is 4.01. The summed E-state index contributed by atoms with van der Waals surface area (Å²) >= 11 is 0. The third kappa shape index (κ3) is 4.09. The van der Waals surface area contributed by atoms with Gasteiger partial charge >= 0.3 is 5.97 Å². The number of rotatable bonds is 5. The Morgan fingerprint density at radius 3 is 2.76 bits per heavy atom. The molecule has 1 saturated heterocycles. The smallest absolute Gasteiger partial charge is 0.355 e. The van der Waals surface area contributed by atoms with E-state index in [-0.39, 0.29) is 17.2 Å². The molecule has 7 nitrogen and oxygen atoms in total. The Bertz CT molecular complexity index is 853. The highest BCUT2D eigenvalue weighted by Gasteiger charge is 2.28. The highest BCUT2D eigenvalue weighted by molar-refractivity contribution is 7.89. The summed E-state index contributed by atoms with van der Waals surface area (Å²) in [5, 5.41) is 0. The van der Waals surface area contributed by atoms with Crippen LogP contribution in [0.5, 0.6) is 0 Å². The number of hydrogen-bond donors (Lipinski definition) is 1. The van der Waals surface area contributed by atoms with Crippen LogP contribution in [0.3, 0.4) is 0 Å². The van der Waals surface area contributed by atoms with Crippen LogP contribution in [0.1, 0.15) is 21.6 Å². The number of benzene rings is 1. The van der Waals surface area contributed by atoms with Gasteiger partial charge in [-0.25, -0.2) is 13.2 Å². The number of H-pyrrole nitrogens is 1. The molecule has 0 bridgehead atoms. The van der Waals surface area contributed by atoms with Crippen molar-refractivity contribution in [3.63, 3.8) is 0 Å². The van der Waals surface area contributed by atoms with Gasteiger partial charge in [0.25, 0.3) is 0 Å². The number of morpholine rings is 1. The molecule has 1 N–H and O–H groups in total. The van der Waals surface area contributed by atoms with Crippen LogP contribution in [0.4, 0.5) is 0 Å². The number of carbonyl (C=O) groups is 1. The first-order chi connectivity index (χ1) is 12.0. The molecule has 2 aromatic rings. The lowest BCUT2D eigenvalue weighted by atomic mass is 10.1. The van der Waals surface area contributed by atoms with Crippen LogP contribution < -0.4 is 0 Å². The molecule has 0 aliphatic carbocycles. The molecule has 0 spiro atoms. The van der Waals surface area contributed by atoms with Gasteiger partial charge in [0.15, 0.2) is 0 Å². The van der Waals surface area contributed by atoms with Crippen molar-refractivity contribution in [2.75, 3.05) is 26.3 Å². The first-order valence-corrected chi connectivity index (χ1v) is 9.40. The summed E-state index contributed by atoms with van der Waals surface area (Å²) in [5.41, 5.74) is 2.06. The van der Waals surface area contributed by atoms with Gasteiger partial charge in [-0.1, -0.05) is 29.8 Å². The summed E-state index contributed by atoms with van der Waals surface area (Å²) in [5.74, 6) is -0.593. The second-order valence-electron chi connectivity index (χ2n) is 5.83. The van der Waals surface area contributed by atoms with Crippen LogP contribution in [-0.4, -0.2) is 50.0 Å². The van der Waals surface area contributed by atoms with E-state index in [1.54, 1.807) is 0 Å². The third-order valence-corrected chi connectivity index (χ3v) is 5.81. The van der Waals surface area contributed by atoms with E-state index in [1.165, 1.54) is 16.6 Å². The summed E-state index contributed by atoms with van der Waals surface area (Å²) in [4.78, 5) is 14.9. The van der Waals surface area contributed by atoms with Gasteiger partial charge in [-0.2, -0.15) is 4.31 Å². The minimum Gasteiger partial charge on any atom is -0.456 e. The SMILES string of the molecule is Cc1cccc(COC(=O)c2cc(S(=O)(=O)N3CCOCC3)c[nH]2)c1. The van der Waals surface area contributed by atoms with Crippen LogP contribution in [0.15, 0.2) is 41.4 Å². The minimum atomic E-state index is -3.63. The number of ether oxygens (including phenoxy) is 2. The van der Waals surface area contributed by atoms with E-state index in [0.717, 1.165) is 11.1 Å². The Hall–Kier alpha value is -2.16. The summed E-state index contributed by atoms with van der Waals surface area (Å²) < 4.78 is 36.8. The van der Waals surface area contributed by atoms with Crippen LogP contribution >= 0.6 is 0 Å². The highest BCUT2D eigenvalue weighted by atomic mass is 32.2. The first-order valence-electron chi connectivity index (χ1n) is 7.96. The van der Waals surface area contributed by atoms with E-state index in [0.29, 0.717) is 26.3 Å². The van der Waals surface area contributed by atoms with Gasteiger partial charge in [-0.05, 0) is 18.6 Å². The van der Waals surface area contributed by atoms with Crippen molar-refractivity contribution in [2.24, 2.45) is 0 Å². The molecule has 0 unspecified atom stereocenters. The lowest BCUT2D eigenvalue weighted by molar-refractivity contribution is 0.0466. The molecular weight excluding hydrogens is 344 g/mol. The summed E-state index contributed by atoms with van der Waals surface area (Å²) in [6, 6.07) is 8.95. The topological polar surface area (TPSA) is 88.7 Å². The molecule has 1 fully saturated rings. The zero-order valence-electron chi connectivity index (χ0n) is 13.9. The Balaban J connectivity index is 1.67. The number of sulfonamides is 1. The van der Waals surface area contributed by atoms with Crippen LogP contribution in [0.25, 0.3) is 0 Å². The molecule has 1 aliphatic rings. The monoisotopic (exact) mass is 364 g/mol. The first kappa shape index (κ1) is 17.7. The van der Waals surface area contributed by atoms with Gasteiger partial charge in [0.1, 0.15) is 17.2 Å². The Morgan fingerprint density at radius 2 is 2.04 bits per heavy atom. The molecule has 8 heteroatoms. The third-order valence-electron chi connectivity index (χ3n) is 3.94. The van der Waals surface area contributed by atoms with Crippen molar-refractivity contribution >= 4 is 16.0 Å². The van der Waals surface area contributed by atoms with E-state index >= 15 is 0 Å².